The van der Waals surface area contributed by atoms with E-state index < -0.39 is 17.5 Å². The first-order valence-corrected chi connectivity index (χ1v) is 12.7. The normalized spacial score (nSPS) is 25.0. The maximum atomic E-state index is 13.5. The van der Waals surface area contributed by atoms with Gasteiger partial charge in [0, 0.05) is 18.2 Å². The maximum Gasteiger partial charge on any atom is 0.251 e. The van der Waals surface area contributed by atoms with Gasteiger partial charge in [-0.2, -0.15) is 0 Å². The molecular formula is C27H39N3O4. The highest BCUT2D eigenvalue weighted by Crippen LogP contribution is 2.31. The topological polar surface area (TPSA) is 79.0 Å². The molecule has 3 aliphatic rings. The fourth-order valence-electron chi connectivity index (χ4n) is 5.53. The van der Waals surface area contributed by atoms with E-state index in [0.29, 0.717) is 30.5 Å². The number of hydrogen-bond acceptors (Lipinski definition) is 5. The Bertz CT molecular complexity index is 913. The minimum absolute atomic E-state index is 0.0512. The number of Topliss-reactive ketones (excluding diaryl/α,β-unsaturated/α-hetero) is 1. The molecule has 7 nitrogen and oxygen atoms in total. The first-order valence-electron chi connectivity index (χ1n) is 12.7. The van der Waals surface area contributed by atoms with Crippen LogP contribution in [0.25, 0.3) is 0 Å². The summed E-state index contributed by atoms with van der Waals surface area (Å²) in [4.78, 5) is 43.0. The van der Waals surface area contributed by atoms with Gasteiger partial charge < -0.3 is 19.9 Å². The summed E-state index contributed by atoms with van der Waals surface area (Å²) in [6.07, 6.45) is 2.70. The first-order chi connectivity index (χ1) is 16.1. The van der Waals surface area contributed by atoms with Gasteiger partial charge in [-0.3, -0.25) is 14.4 Å². The van der Waals surface area contributed by atoms with E-state index in [-0.39, 0.29) is 30.3 Å². The van der Waals surface area contributed by atoms with Gasteiger partial charge in [-0.05, 0) is 75.2 Å². The number of nitrogens with zero attached hydrogens (tertiary/aromatic N) is 2. The van der Waals surface area contributed by atoms with Gasteiger partial charge in [0.2, 0.25) is 5.91 Å². The number of amides is 2. The van der Waals surface area contributed by atoms with Gasteiger partial charge in [0.05, 0.1) is 6.10 Å². The Hall–Kier alpha value is -2.25. The summed E-state index contributed by atoms with van der Waals surface area (Å²) in [7, 11) is 0. The van der Waals surface area contributed by atoms with Crippen molar-refractivity contribution in [3.05, 3.63) is 35.4 Å². The molecule has 3 aliphatic heterocycles. The highest BCUT2D eigenvalue weighted by atomic mass is 16.5. The van der Waals surface area contributed by atoms with Crippen molar-refractivity contribution < 1.29 is 19.1 Å². The molecule has 4 rings (SSSR count). The van der Waals surface area contributed by atoms with Gasteiger partial charge in [-0.1, -0.05) is 32.9 Å². The summed E-state index contributed by atoms with van der Waals surface area (Å²) in [6.45, 7) is 13.0. The molecule has 7 heteroatoms. The number of carbonyl (C=O) groups excluding carboxylic acids is 3. The van der Waals surface area contributed by atoms with Gasteiger partial charge in [0.1, 0.15) is 18.7 Å². The van der Waals surface area contributed by atoms with E-state index in [2.05, 4.69) is 36.2 Å². The highest BCUT2D eigenvalue weighted by molar-refractivity contribution is 5.99. The van der Waals surface area contributed by atoms with Crippen molar-refractivity contribution >= 4 is 17.6 Å². The molecule has 0 bridgehead atoms. The molecule has 2 amide bonds. The minimum Gasteiger partial charge on any atom is -0.368 e. The zero-order valence-electron chi connectivity index (χ0n) is 21.2. The lowest BCUT2D eigenvalue weighted by molar-refractivity contribution is -0.140. The number of ketones is 1. The second kappa shape index (κ2) is 9.78. The van der Waals surface area contributed by atoms with Crippen LogP contribution in [0.15, 0.2) is 24.3 Å². The molecule has 0 aliphatic carbocycles. The summed E-state index contributed by atoms with van der Waals surface area (Å²) in [5.41, 5.74) is 1.31. The fourth-order valence-corrected chi connectivity index (χ4v) is 5.53. The van der Waals surface area contributed by atoms with Gasteiger partial charge in [-0.25, -0.2) is 0 Å². The van der Waals surface area contributed by atoms with Crippen LogP contribution in [0.1, 0.15) is 75.7 Å². The maximum absolute atomic E-state index is 13.5. The Morgan fingerprint density at radius 1 is 1.03 bits per heavy atom. The molecular weight excluding hydrogens is 430 g/mol. The SMILES string of the molecule is CC(C)N1CCC(c2ccc(C(=O)N[C@H](C(=O)N3CC[C@H]4OCC(=O)[C@H]43)C(C)(C)C)cc2)CC1. The molecule has 3 saturated heterocycles. The second-order valence-corrected chi connectivity index (χ2v) is 11.4. The van der Waals surface area contributed by atoms with Crippen molar-refractivity contribution in [3.63, 3.8) is 0 Å². The summed E-state index contributed by atoms with van der Waals surface area (Å²) >= 11 is 0. The van der Waals surface area contributed by atoms with Crippen LogP contribution in [0.5, 0.6) is 0 Å². The molecule has 34 heavy (non-hydrogen) atoms. The number of fused-ring (bicyclic) bond motifs is 1. The van der Waals surface area contributed by atoms with E-state index >= 15 is 0 Å². The van der Waals surface area contributed by atoms with Crippen molar-refractivity contribution in [1.29, 1.82) is 0 Å². The van der Waals surface area contributed by atoms with Crippen molar-refractivity contribution in [3.8, 4) is 0 Å². The standard InChI is InChI=1S/C27H39N3O4/c1-17(2)29-13-10-19(11-14-29)18-6-8-20(9-7-18)25(32)28-24(27(3,4)5)26(33)30-15-12-22-23(30)21(31)16-34-22/h6-9,17,19,22-24H,10-16H2,1-5H3,(H,28,32)/t22-,23-,24-/m1/s1. The van der Waals surface area contributed by atoms with Crippen LogP contribution in [-0.2, 0) is 14.3 Å². The van der Waals surface area contributed by atoms with Crippen LogP contribution in [0.4, 0.5) is 0 Å². The highest BCUT2D eigenvalue weighted by Gasteiger charge is 2.49. The van der Waals surface area contributed by atoms with Gasteiger partial charge >= 0.3 is 0 Å². The third-order valence-corrected chi connectivity index (χ3v) is 7.69. The Kier molecular flexibility index (Phi) is 7.15. The molecule has 3 atom stereocenters. The number of piperidine rings is 1. The summed E-state index contributed by atoms with van der Waals surface area (Å²) in [5.74, 6) is -0.00475. The molecule has 1 aromatic rings. The number of nitrogens with one attached hydrogen (secondary N) is 1. The zero-order valence-corrected chi connectivity index (χ0v) is 21.2. The van der Waals surface area contributed by atoms with Crippen LogP contribution < -0.4 is 5.32 Å². The average Bonchev–Trinajstić information content (AvgIpc) is 3.39. The van der Waals surface area contributed by atoms with Gasteiger partial charge in [0.15, 0.2) is 5.78 Å². The number of rotatable bonds is 5. The van der Waals surface area contributed by atoms with Crippen LogP contribution >= 0.6 is 0 Å². The molecule has 0 radical (unpaired) electrons. The Morgan fingerprint density at radius 3 is 2.26 bits per heavy atom. The van der Waals surface area contributed by atoms with Crippen LogP contribution in [0.2, 0.25) is 0 Å². The molecule has 1 aromatic carbocycles. The van der Waals surface area contributed by atoms with Gasteiger partial charge in [-0.15, -0.1) is 0 Å². The van der Waals surface area contributed by atoms with Crippen molar-refractivity contribution in [1.82, 2.24) is 15.1 Å². The third kappa shape index (κ3) is 5.05. The number of carbonyl (C=O) groups is 3. The van der Waals surface area contributed by atoms with E-state index in [0.717, 1.165) is 25.9 Å². The smallest absolute Gasteiger partial charge is 0.251 e. The fraction of sp³-hybridized carbons (Fsp3) is 0.667. The van der Waals surface area contributed by atoms with Crippen LogP contribution in [0.3, 0.4) is 0 Å². The second-order valence-electron chi connectivity index (χ2n) is 11.4. The summed E-state index contributed by atoms with van der Waals surface area (Å²) < 4.78 is 5.53. The van der Waals surface area contributed by atoms with E-state index in [4.69, 9.17) is 4.74 Å². The van der Waals surface area contributed by atoms with Crippen molar-refractivity contribution in [2.24, 2.45) is 5.41 Å². The Balaban J connectivity index is 1.42. The Morgan fingerprint density at radius 2 is 1.68 bits per heavy atom. The minimum atomic E-state index is -0.729. The molecule has 1 N–H and O–H groups in total. The van der Waals surface area contributed by atoms with E-state index in [1.54, 1.807) is 4.90 Å². The molecule has 0 unspecified atom stereocenters. The largest absolute Gasteiger partial charge is 0.368 e. The molecule has 3 heterocycles. The number of ether oxygens (including phenoxy) is 1. The monoisotopic (exact) mass is 469 g/mol. The number of hydrogen-bond donors (Lipinski definition) is 1. The lowest BCUT2D eigenvalue weighted by atomic mass is 9.85. The van der Waals surface area contributed by atoms with E-state index in [1.165, 1.54) is 5.56 Å². The molecule has 0 aromatic heterocycles. The van der Waals surface area contributed by atoms with E-state index in [9.17, 15) is 14.4 Å². The zero-order chi connectivity index (χ0) is 24.6. The quantitative estimate of drug-likeness (QED) is 0.717. The van der Waals surface area contributed by atoms with E-state index in [1.807, 2.05) is 32.9 Å². The van der Waals surface area contributed by atoms with Crippen LogP contribution in [-0.4, -0.2) is 77.9 Å². The summed E-state index contributed by atoms with van der Waals surface area (Å²) in [5, 5.41) is 2.97. The Labute approximate surface area is 203 Å². The van der Waals surface area contributed by atoms with Crippen molar-refractivity contribution in [2.45, 2.75) is 84.0 Å². The number of benzene rings is 1. The first kappa shape index (κ1) is 24.9. The molecule has 3 fully saturated rings. The lowest BCUT2D eigenvalue weighted by Crippen LogP contribution is -2.57. The predicted molar refractivity (Wildman–Crippen MR) is 131 cm³/mol. The van der Waals surface area contributed by atoms with Crippen molar-refractivity contribution in [2.75, 3.05) is 26.2 Å². The summed E-state index contributed by atoms with van der Waals surface area (Å²) in [6, 6.07) is 7.17. The average molecular weight is 470 g/mol. The van der Waals surface area contributed by atoms with Gasteiger partial charge in [0.25, 0.3) is 5.91 Å². The molecule has 0 saturated carbocycles. The lowest BCUT2D eigenvalue weighted by Gasteiger charge is -2.35. The number of likely N-dealkylation sites (tertiary alicyclic amines) is 2. The molecule has 0 spiro atoms. The predicted octanol–water partition coefficient (Wildman–Crippen LogP) is 2.99. The molecule has 186 valence electrons. The van der Waals surface area contributed by atoms with Crippen LogP contribution in [0, 0.1) is 5.41 Å². The third-order valence-electron chi connectivity index (χ3n) is 7.69.